The Labute approximate surface area is 171 Å². The van der Waals surface area contributed by atoms with Crippen molar-refractivity contribution in [2.45, 2.75) is 26.5 Å². The molecule has 6 nitrogen and oxygen atoms in total. The van der Waals surface area contributed by atoms with Gasteiger partial charge in [-0.05, 0) is 71.2 Å². The number of hydrogen-bond donors (Lipinski definition) is 2. The largest absolute Gasteiger partial charge is 0.488 e. The molecule has 0 saturated heterocycles. The Balaban J connectivity index is 2.09. The minimum atomic E-state index is -0.974. The van der Waals surface area contributed by atoms with Crippen LogP contribution in [0.25, 0.3) is 6.08 Å². The minimum Gasteiger partial charge on any atom is -0.488 e. The summed E-state index contributed by atoms with van der Waals surface area (Å²) < 4.78 is 6.42. The third-order valence-corrected chi connectivity index (χ3v) is 4.27. The van der Waals surface area contributed by atoms with Crippen LogP contribution in [0.2, 0.25) is 0 Å². The van der Waals surface area contributed by atoms with E-state index in [9.17, 15) is 14.9 Å². The normalized spacial score (nSPS) is 11.0. The molecule has 0 fully saturated rings. The van der Waals surface area contributed by atoms with Crippen LogP contribution in [0.5, 0.6) is 5.75 Å². The van der Waals surface area contributed by atoms with Crippen LogP contribution in [0, 0.1) is 11.3 Å². The van der Waals surface area contributed by atoms with Crippen LogP contribution in [0.15, 0.2) is 52.5 Å². The number of nitrogens with zero attached hydrogens (tertiary/aromatic N) is 1. The SMILES string of the molecule is CC(C)NC(=O)/C(C#N)=C\c1ccc(OCc2ccc(C(=O)O)cc2)c(Br)c1. The maximum absolute atomic E-state index is 12.0. The van der Waals surface area contributed by atoms with E-state index in [1.54, 1.807) is 30.3 Å². The van der Waals surface area contributed by atoms with E-state index in [1.807, 2.05) is 19.9 Å². The van der Waals surface area contributed by atoms with Gasteiger partial charge in [-0.1, -0.05) is 18.2 Å². The molecular formula is C21H19BrN2O4. The molecule has 0 atom stereocenters. The van der Waals surface area contributed by atoms with Gasteiger partial charge in [-0.3, -0.25) is 4.79 Å². The Kier molecular flexibility index (Phi) is 7.36. The number of rotatable bonds is 7. The van der Waals surface area contributed by atoms with E-state index in [0.29, 0.717) is 15.8 Å². The second-order valence-electron chi connectivity index (χ2n) is 6.28. The number of carboxylic acid groups (broad SMARTS) is 1. The molecule has 0 saturated carbocycles. The topological polar surface area (TPSA) is 99.4 Å². The van der Waals surface area contributed by atoms with Crippen LogP contribution < -0.4 is 10.1 Å². The first kappa shape index (κ1) is 21.2. The van der Waals surface area contributed by atoms with Crippen molar-refractivity contribution < 1.29 is 19.4 Å². The first-order chi connectivity index (χ1) is 13.3. The number of hydrogen-bond acceptors (Lipinski definition) is 4. The molecule has 0 aliphatic heterocycles. The number of nitrogens with one attached hydrogen (secondary N) is 1. The van der Waals surface area contributed by atoms with Gasteiger partial charge in [-0.2, -0.15) is 5.26 Å². The standard InChI is InChI=1S/C21H19BrN2O4/c1-13(2)24-20(25)17(11-23)9-15-5-8-19(18(22)10-15)28-12-14-3-6-16(7-4-14)21(26)27/h3-10,13H,12H2,1-2H3,(H,24,25)(H,26,27)/b17-9-. The quantitative estimate of drug-likeness (QED) is 0.495. The molecule has 2 aromatic carbocycles. The summed E-state index contributed by atoms with van der Waals surface area (Å²) in [6.07, 6.45) is 1.51. The summed E-state index contributed by atoms with van der Waals surface area (Å²) in [5.74, 6) is -0.805. The zero-order valence-corrected chi connectivity index (χ0v) is 17.0. The van der Waals surface area contributed by atoms with Crippen LogP contribution >= 0.6 is 15.9 Å². The molecule has 28 heavy (non-hydrogen) atoms. The maximum atomic E-state index is 12.0. The predicted molar refractivity (Wildman–Crippen MR) is 109 cm³/mol. The number of amides is 1. The van der Waals surface area contributed by atoms with E-state index in [4.69, 9.17) is 9.84 Å². The maximum Gasteiger partial charge on any atom is 0.335 e. The highest BCUT2D eigenvalue weighted by Gasteiger charge is 2.11. The number of carboxylic acids is 1. The molecule has 1 amide bonds. The molecule has 0 unspecified atom stereocenters. The zero-order valence-electron chi connectivity index (χ0n) is 15.4. The predicted octanol–water partition coefficient (Wildman–Crippen LogP) is 4.16. The van der Waals surface area contributed by atoms with Crippen molar-refractivity contribution >= 4 is 33.9 Å². The summed E-state index contributed by atoms with van der Waals surface area (Å²) in [7, 11) is 0. The van der Waals surface area contributed by atoms with Gasteiger partial charge in [-0.15, -0.1) is 0 Å². The molecule has 0 heterocycles. The molecule has 144 valence electrons. The Bertz CT molecular complexity index is 944. The second-order valence-corrected chi connectivity index (χ2v) is 7.13. The summed E-state index contributed by atoms with van der Waals surface area (Å²) in [6, 6.07) is 13.5. The lowest BCUT2D eigenvalue weighted by atomic mass is 10.1. The van der Waals surface area contributed by atoms with E-state index in [2.05, 4.69) is 21.2 Å². The smallest absolute Gasteiger partial charge is 0.335 e. The number of aromatic carboxylic acids is 1. The molecule has 0 aliphatic rings. The van der Waals surface area contributed by atoms with Gasteiger partial charge in [0.2, 0.25) is 0 Å². The van der Waals surface area contributed by atoms with Crippen molar-refractivity contribution in [2.75, 3.05) is 0 Å². The molecule has 0 aromatic heterocycles. The molecule has 2 rings (SSSR count). The zero-order chi connectivity index (χ0) is 20.7. The monoisotopic (exact) mass is 442 g/mol. The lowest BCUT2D eigenvalue weighted by Crippen LogP contribution is -2.30. The van der Waals surface area contributed by atoms with E-state index in [-0.39, 0.29) is 23.8 Å². The molecule has 2 aromatic rings. The van der Waals surface area contributed by atoms with Crippen molar-refractivity contribution in [3.63, 3.8) is 0 Å². The van der Waals surface area contributed by atoms with Crippen LogP contribution in [0.4, 0.5) is 0 Å². The average molecular weight is 443 g/mol. The third-order valence-electron chi connectivity index (χ3n) is 3.65. The summed E-state index contributed by atoms with van der Waals surface area (Å²) in [5.41, 5.74) is 1.75. The van der Waals surface area contributed by atoms with Crippen LogP contribution in [-0.4, -0.2) is 23.0 Å². The lowest BCUT2D eigenvalue weighted by Gasteiger charge is -2.10. The Morgan fingerprint density at radius 2 is 1.93 bits per heavy atom. The summed E-state index contributed by atoms with van der Waals surface area (Å²) >= 11 is 3.43. The number of ether oxygens (including phenoxy) is 1. The molecule has 0 spiro atoms. The molecule has 7 heteroatoms. The average Bonchev–Trinajstić information content (AvgIpc) is 2.65. The Morgan fingerprint density at radius 1 is 1.25 bits per heavy atom. The van der Waals surface area contributed by atoms with Crippen molar-refractivity contribution in [1.82, 2.24) is 5.32 Å². The number of halogens is 1. The Morgan fingerprint density at radius 3 is 2.46 bits per heavy atom. The van der Waals surface area contributed by atoms with Gasteiger partial charge in [0.1, 0.15) is 24.0 Å². The van der Waals surface area contributed by atoms with E-state index >= 15 is 0 Å². The second kappa shape index (κ2) is 9.72. The number of carbonyl (C=O) groups excluding carboxylic acids is 1. The van der Waals surface area contributed by atoms with Crippen LogP contribution in [0.1, 0.15) is 35.3 Å². The number of carbonyl (C=O) groups is 2. The van der Waals surface area contributed by atoms with Crippen molar-refractivity contribution in [2.24, 2.45) is 0 Å². The highest BCUT2D eigenvalue weighted by Crippen LogP contribution is 2.27. The van der Waals surface area contributed by atoms with E-state index in [1.165, 1.54) is 18.2 Å². The number of nitriles is 1. The first-order valence-corrected chi connectivity index (χ1v) is 9.26. The van der Waals surface area contributed by atoms with Gasteiger partial charge in [0.15, 0.2) is 0 Å². The van der Waals surface area contributed by atoms with Gasteiger partial charge in [0.05, 0.1) is 10.0 Å². The summed E-state index contributed by atoms with van der Waals surface area (Å²) in [5, 5.41) is 20.8. The number of benzene rings is 2. The van der Waals surface area contributed by atoms with Gasteiger partial charge >= 0.3 is 5.97 Å². The summed E-state index contributed by atoms with van der Waals surface area (Å²) in [4.78, 5) is 22.9. The molecule has 0 radical (unpaired) electrons. The van der Waals surface area contributed by atoms with Crippen LogP contribution in [-0.2, 0) is 11.4 Å². The minimum absolute atomic E-state index is 0.0211. The van der Waals surface area contributed by atoms with Crippen LogP contribution in [0.3, 0.4) is 0 Å². The fourth-order valence-electron chi connectivity index (χ4n) is 2.28. The fourth-order valence-corrected chi connectivity index (χ4v) is 2.79. The molecular weight excluding hydrogens is 424 g/mol. The third kappa shape index (κ3) is 5.96. The van der Waals surface area contributed by atoms with E-state index in [0.717, 1.165) is 5.56 Å². The lowest BCUT2D eigenvalue weighted by molar-refractivity contribution is -0.117. The molecule has 2 N–H and O–H groups in total. The highest BCUT2D eigenvalue weighted by molar-refractivity contribution is 9.10. The van der Waals surface area contributed by atoms with E-state index < -0.39 is 11.9 Å². The molecule has 0 aliphatic carbocycles. The van der Waals surface area contributed by atoms with Gasteiger partial charge < -0.3 is 15.2 Å². The van der Waals surface area contributed by atoms with Crippen molar-refractivity contribution in [1.29, 1.82) is 5.26 Å². The van der Waals surface area contributed by atoms with Gasteiger partial charge in [0, 0.05) is 6.04 Å². The highest BCUT2D eigenvalue weighted by atomic mass is 79.9. The first-order valence-electron chi connectivity index (χ1n) is 8.47. The van der Waals surface area contributed by atoms with Gasteiger partial charge in [0.25, 0.3) is 5.91 Å². The molecule has 0 bridgehead atoms. The fraction of sp³-hybridized carbons (Fsp3) is 0.190. The van der Waals surface area contributed by atoms with Crippen molar-refractivity contribution in [3.8, 4) is 11.8 Å². The summed E-state index contributed by atoms with van der Waals surface area (Å²) in [6.45, 7) is 3.92. The Hall–Kier alpha value is -3.11. The van der Waals surface area contributed by atoms with Gasteiger partial charge in [-0.25, -0.2) is 4.79 Å². The van der Waals surface area contributed by atoms with Crippen molar-refractivity contribution in [3.05, 3.63) is 69.2 Å².